The lowest BCUT2D eigenvalue weighted by molar-refractivity contribution is -0.120. The molecule has 0 bridgehead atoms. The van der Waals surface area contributed by atoms with Gasteiger partial charge in [-0.15, -0.1) is 0 Å². The summed E-state index contributed by atoms with van der Waals surface area (Å²) in [5.74, 6) is 2.48. The number of nitrogens with one attached hydrogen (secondary N) is 3. The van der Waals surface area contributed by atoms with Gasteiger partial charge in [-0.05, 0) is 42.7 Å². The third-order valence-corrected chi connectivity index (χ3v) is 4.00. The lowest BCUT2D eigenvalue weighted by Crippen LogP contribution is -2.43. The molecule has 1 aromatic heterocycles. The van der Waals surface area contributed by atoms with Gasteiger partial charge in [0.15, 0.2) is 5.96 Å². The van der Waals surface area contributed by atoms with Gasteiger partial charge in [0.05, 0.1) is 32.0 Å². The first kappa shape index (κ1) is 21.3. The van der Waals surface area contributed by atoms with Crippen molar-refractivity contribution in [2.45, 2.75) is 33.4 Å². The van der Waals surface area contributed by atoms with Crippen LogP contribution in [-0.2, 0) is 11.3 Å². The largest absolute Gasteiger partial charge is 0.493 e. The maximum absolute atomic E-state index is 11.9. The van der Waals surface area contributed by atoms with Crippen molar-refractivity contribution in [2.24, 2.45) is 10.9 Å². The van der Waals surface area contributed by atoms with E-state index in [1.54, 1.807) is 19.4 Å². The highest BCUT2D eigenvalue weighted by Crippen LogP contribution is 2.18. The number of carbonyl (C=O) groups is 1. The molecule has 2 aromatic rings. The number of ether oxygens (including phenoxy) is 1. The number of amides is 1. The van der Waals surface area contributed by atoms with E-state index >= 15 is 0 Å². The molecule has 7 heteroatoms. The van der Waals surface area contributed by atoms with Crippen molar-refractivity contribution in [1.82, 2.24) is 16.0 Å². The summed E-state index contributed by atoms with van der Waals surface area (Å²) in [5.41, 5.74) is 1.10. The van der Waals surface area contributed by atoms with E-state index < -0.39 is 0 Å². The van der Waals surface area contributed by atoms with Crippen LogP contribution in [0.5, 0.6) is 5.75 Å². The van der Waals surface area contributed by atoms with Gasteiger partial charge < -0.3 is 25.1 Å². The van der Waals surface area contributed by atoms with Gasteiger partial charge >= 0.3 is 0 Å². The Bertz CT molecular complexity index is 740. The molecule has 7 nitrogen and oxygen atoms in total. The number of aliphatic imine (C=N–C) groups is 1. The van der Waals surface area contributed by atoms with Crippen LogP contribution >= 0.6 is 0 Å². The molecule has 152 valence electrons. The minimum absolute atomic E-state index is 0.0246. The molecule has 0 aliphatic heterocycles. The molecule has 1 amide bonds. The van der Waals surface area contributed by atoms with Gasteiger partial charge in [-0.2, -0.15) is 0 Å². The highest BCUT2D eigenvalue weighted by atomic mass is 16.5. The Morgan fingerprint density at radius 3 is 2.50 bits per heavy atom. The Labute approximate surface area is 166 Å². The van der Waals surface area contributed by atoms with E-state index in [0.717, 1.165) is 11.3 Å². The number of carbonyl (C=O) groups excluding carboxylic acids is 1. The smallest absolute Gasteiger partial charge is 0.239 e. The first-order valence-electron chi connectivity index (χ1n) is 9.47. The number of rotatable bonds is 9. The topological polar surface area (TPSA) is 87.9 Å². The minimum Gasteiger partial charge on any atom is -0.493 e. The number of benzene rings is 1. The Morgan fingerprint density at radius 2 is 1.89 bits per heavy atom. The van der Waals surface area contributed by atoms with E-state index in [0.29, 0.717) is 30.8 Å². The Morgan fingerprint density at radius 1 is 1.14 bits per heavy atom. The third kappa shape index (κ3) is 7.34. The number of furan rings is 1. The second kappa shape index (κ2) is 11.0. The van der Waals surface area contributed by atoms with E-state index in [2.05, 4.69) is 34.8 Å². The third-order valence-electron chi connectivity index (χ3n) is 4.00. The van der Waals surface area contributed by atoms with Gasteiger partial charge in [0.1, 0.15) is 11.5 Å². The number of guanidine groups is 1. The first-order valence-corrected chi connectivity index (χ1v) is 9.47. The summed E-state index contributed by atoms with van der Waals surface area (Å²) >= 11 is 0. The fourth-order valence-corrected chi connectivity index (χ4v) is 2.42. The Hall–Kier alpha value is -2.96. The lowest BCUT2D eigenvalue weighted by Gasteiger charge is -2.18. The molecule has 1 aromatic carbocycles. The number of nitrogens with zero attached hydrogens (tertiary/aromatic N) is 1. The highest BCUT2D eigenvalue weighted by Gasteiger charge is 2.10. The molecule has 0 aliphatic rings. The number of hydrogen-bond donors (Lipinski definition) is 3. The maximum atomic E-state index is 11.9. The van der Waals surface area contributed by atoms with Crippen molar-refractivity contribution in [3.05, 3.63) is 54.0 Å². The maximum Gasteiger partial charge on any atom is 0.239 e. The van der Waals surface area contributed by atoms with E-state index in [4.69, 9.17) is 9.15 Å². The quantitative estimate of drug-likeness (QED) is 0.456. The normalized spacial score (nSPS) is 12.5. The molecule has 28 heavy (non-hydrogen) atoms. The standard InChI is InChI=1S/C21H30N4O3/c1-15(2)14-28-18-9-7-17(8-10-18)16(3)25-21(22-4)24-13-20(26)23-12-19-6-5-11-27-19/h5-11,15-16H,12-14H2,1-4H3,(H,23,26)(H2,22,24,25). The Balaban J connectivity index is 1.77. The zero-order chi connectivity index (χ0) is 20.4. The van der Waals surface area contributed by atoms with Crippen LogP contribution in [0, 0.1) is 5.92 Å². The molecule has 1 unspecified atom stereocenters. The predicted molar refractivity (Wildman–Crippen MR) is 110 cm³/mol. The molecule has 0 spiro atoms. The van der Waals surface area contributed by atoms with Gasteiger partial charge in [-0.25, -0.2) is 0 Å². The SMILES string of the molecule is CN=C(NCC(=O)NCc1ccco1)NC(C)c1ccc(OCC(C)C)cc1. The van der Waals surface area contributed by atoms with Crippen molar-refractivity contribution in [3.8, 4) is 5.75 Å². The molecule has 1 atom stereocenters. The van der Waals surface area contributed by atoms with Crippen LogP contribution in [0.15, 0.2) is 52.1 Å². The average molecular weight is 386 g/mol. The van der Waals surface area contributed by atoms with Crippen LogP contribution in [0.25, 0.3) is 0 Å². The van der Waals surface area contributed by atoms with Crippen LogP contribution in [0.2, 0.25) is 0 Å². The van der Waals surface area contributed by atoms with Crippen molar-refractivity contribution in [2.75, 3.05) is 20.2 Å². The van der Waals surface area contributed by atoms with Crippen molar-refractivity contribution < 1.29 is 13.9 Å². The molecule has 2 rings (SSSR count). The fraction of sp³-hybridized carbons (Fsp3) is 0.429. The highest BCUT2D eigenvalue weighted by molar-refractivity contribution is 5.86. The zero-order valence-electron chi connectivity index (χ0n) is 17.0. The van der Waals surface area contributed by atoms with Crippen molar-refractivity contribution in [1.29, 1.82) is 0 Å². The van der Waals surface area contributed by atoms with E-state index in [-0.39, 0.29) is 18.5 Å². The van der Waals surface area contributed by atoms with Crippen LogP contribution in [0.3, 0.4) is 0 Å². The lowest BCUT2D eigenvalue weighted by atomic mass is 10.1. The summed E-state index contributed by atoms with van der Waals surface area (Å²) in [4.78, 5) is 16.1. The van der Waals surface area contributed by atoms with Gasteiger partial charge in [-0.3, -0.25) is 9.79 Å². The van der Waals surface area contributed by atoms with Gasteiger partial charge in [0.2, 0.25) is 5.91 Å². The van der Waals surface area contributed by atoms with Crippen molar-refractivity contribution in [3.63, 3.8) is 0 Å². The van der Waals surface area contributed by atoms with Gasteiger partial charge in [0.25, 0.3) is 0 Å². The molecule has 0 saturated carbocycles. The van der Waals surface area contributed by atoms with E-state index in [9.17, 15) is 4.79 Å². The monoisotopic (exact) mass is 386 g/mol. The first-order chi connectivity index (χ1) is 13.5. The van der Waals surface area contributed by atoms with Crippen LogP contribution in [0.1, 0.15) is 38.1 Å². The van der Waals surface area contributed by atoms with E-state index in [1.807, 2.05) is 37.3 Å². The molecule has 1 heterocycles. The second-order valence-corrected chi connectivity index (χ2v) is 6.92. The molecular formula is C21H30N4O3. The molecule has 3 N–H and O–H groups in total. The van der Waals surface area contributed by atoms with Gasteiger partial charge in [0, 0.05) is 7.05 Å². The predicted octanol–water partition coefficient (Wildman–Crippen LogP) is 2.86. The fourth-order valence-electron chi connectivity index (χ4n) is 2.42. The Kier molecular flexibility index (Phi) is 8.39. The van der Waals surface area contributed by atoms with Crippen molar-refractivity contribution >= 4 is 11.9 Å². The molecule has 0 radical (unpaired) electrons. The molecule has 0 aliphatic carbocycles. The minimum atomic E-state index is -0.140. The average Bonchev–Trinajstić information content (AvgIpc) is 3.21. The molecular weight excluding hydrogens is 356 g/mol. The number of hydrogen-bond acceptors (Lipinski definition) is 4. The van der Waals surface area contributed by atoms with Crippen LogP contribution in [-0.4, -0.2) is 32.1 Å². The van der Waals surface area contributed by atoms with E-state index in [1.165, 1.54) is 0 Å². The summed E-state index contributed by atoms with van der Waals surface area (Å²) in [6.07, 6.45) is 1.58. The zero-order valence-corrected chi connectivity index (χ0v) is 17.0. The summed E-state index contributed by atoms with van der Waals surface area (Å²) in [5, 5.41) is 9.08. The summed E-state index contributed by atoms with van der Waals surface area (Å²) in [6, 6.07) is 11.6. The summed E-state index contributed by atoms with van der Waals surface area (Å²) in [7, 11) is 1.67. The second-order valence-electron chi connectivity index (χ2n) is 6.92. The summed E-state index contributed by atoms with van der Waals surface area (Å²) in [6.45, 7) is 7.46. The molecule has 0 saturated heterocycles. The van der Waals surface area contributed by atoms with Gasteiger partial charge in [-0.1, -0.05) is 26.0 Å². The molecule has 0 fully saturated rings. The summed E-state index contributed by atoms with van der Waals surface area (Å²) < 4.78 is 10.9. The van der Waals surface area contributed by atoms with Crippen LogP contribution < -0.4 is 20.7 Å². The van der Waals surface area contributed by atoms with Crippen LogP contribution in [0.4, 0.5) is 0 Å².